The first-order valence-electron chi connectivity index (χ1n) is 11.3. The van der Waals surface area contributed by atoms with Crippen molar-refractivity contribution in [2.24, 2.45) is 5.41 Å². The van der Waals surface area contributed by atoms with E-state index in [4.69, 9.17) is 0 Å². The molecular formula is C25H23F4N3O5S. The molecule has 0 spiro atoms. The number of ketones is 1. The lowest BCUT2D eigenvalue weighted by molar-refractivity contribution is -0.184. The predicted molar refractivity (Wildman–Crippen MR) is 129 cm³/mol. The van der Waals surface area contributed by atoms with Crippen molar-refractivity contribution in [3.8, 4) is 0 Å². The van der Waals surface area contributed by atoms with Crippen LogP contribution in [0.25, 0.3) is 0 Å². The monoisotopic (exact) mass is 553 g/mol. The molecule has 0 saturated heterocycles. The van der Waals surface area contributed by atoms with Crippen LogP contribution >= 0.6 is 0 Å². The van der Waals surface area contributed by atoms with E-state index in [1.54, 1.807) is 13.8 Å². The molecule has 4 rings (SSSR count). The fourth-order valence-corrected chi connectivity index (χ4v) is 6.08. The van der Waals surface area contributed by atoms with Crippen molar-refractivity contribution in [2.45, 2.75) is 50.2 Å². The second-order valence-electron chi connectivity index (χ2n) is 9.94. The maximum absolute atomic E-state index is 14.9. The van der Waals surface area contributed by atoms with Gasteiger partial charge in [0.2, 0.25) is 21.5 Å². The molecule has 1 atom stereocenters. The summed E-state index contributed by atoms with van der Waals surface area (Å²) in [4.78, 5) is 38.2. The molecule has 1 aliphatic carbocycles. The van der Waals surface area contributed by atoms with Crippen LogP contribution in [0.15, 0.2) is 64.7 Å². The van der Waals surface area contributed by atoms with Gasteiger partial charge in [-0.3, -0.25) is 19.3 Å². The fourth-order valence-electron chi connectivity index (χ4n) is 4.76. The lowest BCUT2D eigenvalue weighted by Gasteiger charge is -2.35. The van der Waals surface area contributed by atoms with Gasteiger partial charge in [0, 0.05) is 30.4 Å². The number of carbonyl (C=O) groups excluding carboxylic acids is 3. The number of rotatable bonds is 5. The van der Waals surface area contributed by atoms with E-state index in [-0.39, 0.29) is 29.9 Å². The standard InChI is InChI=1S/C25H23F4N3O5S/c1-14(33)30-16-6-10-18(11-7-16)38(36,37)31-24(25(27,28)29)21-19(12-23(2,3)13-20(21)34)32(22(24)35)17-8-4-15(26)5-9-17/h4-11,31H,12-13H2,1-3H3,(H,30,33)/t24-/m1/s1. The third-order valence-corrected chi connectivity index (χ3v) is 7.77. The lowest BCUT2D eigenvalue weighted by Crippen LogP contribution is -2.66. The molecule has 2 amide bonds. The number of alkyl halides is 3. The highest BCUT2D eigenvalue weighted by Crippen LogP contribution is 2.53. The summed E-state index contributed by atoms with van der Waals surface area (Å²) in [5.41, 5.74) is -6.02. The van der Waals surface area contributed by atoms with Crippen LogP contribution < -0.4 is 14.9 Å². The number of allylic oxidation sites excluding steroid dienone is 1. The van der Waals surface area contributed by atoms with Gasteiger partial charge in [0.1, 0.15) is 5.82 Å². The number of halogens is 4. The minimum atomic E-state index is -5.57. The second kappa shape index (κ2) is 9.02. The molecule has 0 saturated carbocycles. The normalized spacial score (nSPS) is 21.5. The van der Waals surface area contributed by atoms with Crippen LogP contribution in [-0.2, 0) is 24.4 Å². The van der Waals surface area contributed by atoms with Gasteiger partial charge in [0.05, 0.1) is 10.5 Å². The summed E-state index contributed by atoms with van der Waals surface area (Å²) in [5, 5.41) is 2.40. The van der Waals surface area contributed by atoms with Crippen LogP contribution in [0.1, 0.15) is 33.6 Å². The van der Waals surface area contributed by atoms with Crippen molar-refractivity contribution < 1.29 is 40.4 Å². The van der Waals surface area contributed by atoms with Gasteiger partial charge in [-0.2, -0.15) is 17.9 Å². The largest absolute Gasteiger partial charge is 0.421 e. The Balaban J connectivity index is 1.91. The van der Waals surface area contributed by atoms with E-state index in [0.717, 1.165) is 48.5 Å². The van der Waals surface area contributed by atoms with Gasteiger partial charge in [-0.25, -0.2) is 12.8 Å². The summed E-state index contributed by atoms with van der Waals surface area (Å²) in [6, 6.07) is 8.26. The van der Waals surface area contributed by atoms with Crippen LogP contribution in [0.2, 0.25) is 0 Å². The topological polar surface area (TPSA) is 113 Å². The maximum Gasteiger partial charge on any atom is 0.421 e. The van der Waals surface area contributed by atoms with Gasteiger partial charge in [-0.05, 0) is 60.4 Å². The predicted octanol–water partition coefficient (Wildman–Crippen LogP) is 4.05. The molecule has 202 valence electrons. The number of amides is 2. The summed E-state index contributed by atoms with van der Waals surface area (Å²) in [6.45, 7) is 4.48. The Hall–Kier alpha value is -3.58. The van der Waals surface area contributed by atoms with E-state index >= 15 is 0 Å². The summed E-state index contributed by atoms with van der Waals surface area (Å²) in [5.74, 6) is -3.94. The van der Waals surface area contributed by atoms with Crippen molar-refractivity contribution in [1.82, 2.24) is 4.72 Å². The quantitative estimate of drug-likeness (QED) is 0.543. The smallest absolute Gasteiger partial charge is 0.326 e. The number of nitrogens with one attached hydrogen (secondary N) is 2. The molecular weight excluding hydrogens is 530 g/mol. The van der Waals surface area contributed by atoms with E-state index in [9.17, 15) is 40.4 Å². The molecule has 8 nitrogen and oxygen atoms in total. The van der Waals surface area contributed by atoms with Crippen molar-refractivity contribution in [3.05, 3.63) is 65.6 Å². The van der Waals surface area contributed by atoms with E-state index in [1.165, 1.54) is 11.6 Å². The zero-order valence-electron chi connectivity index (χ0n) is 20.4. The minimum absolute atomic E-state index is 0.151. The molecule has 13 heteroatoms. The average Bonchev–Trinajstić information content (AvgIpc) is 3.01. The Labute approximate surface area is 215 Å². The molecule has 1 heterocycles. The van der Waals surface area contributed by atoms with Gasteiger partial charge in [-0.15, -0.1) is 0 Å². The molecule has 2 aliphatic rings. The van der Waals surface area contributed by atoms with Gasteiger partial charge in [0.15, 0.2) is 5.78 Å². The Morgan fingerprint density at radius 2 is 1.55 bits per heavy atom. The Kier molecular flexibility index (Phi) is 6.51. The second-order valence-corrected chi connectivity index (χ2v) is 11.6. The van der Waals surface area contributed by atoms with Crippen LogP contribution in [0.5, 0.6) is 0 Å². The Morgan fingerprint density at radius 1 is 0.974 bits per heavy atom. The zero-order valence-corrected chi connectivity index (χ0v) is 21.3. The highest BCUT2D eigenvalue weighted by molar-refractivity contribution is 7.89. The molecule has 1 aliphatic heterocycles. The number of hydrogen-bond acceptors (Lipinski definition) is 5. The highest BCUT2D eigenvalue weighted by atomic mass is 32.2. The van der Waals surface area contributed by atoms with Gasteiger partial charge in [0.25, 0.3) is 5.91 Å². The molecule has 0 fully saturated rings. The average molecular weight is 554 g/mol. The summed E-state index contributed by atoms with van der Waals surface area (Å²) in [7, 11) is -5.06. The molecule has 2 N–H and O–H groups in total. The van der Waals surface area contributed by atoms with Gasteiger partial charge >= 0.3 is 6.18 Å². The number of hydrogen-bond donors (Lipinski definition) is 2. The Morgan fingerprint density at radius 3 is 2.08 bits per heavy atom. The first-order valence-corrected chi connectivity index (χ1v) is 12.8. The number of nitrogens with zero attached hydrogens (tertiary/aromatic N) is 1. The number of Topliss-reactive ketones (excluding diaryl/α,β-unsaturated/α-hetero) is 1. The van der Waals surface area contributed by atoms with Crippen LogP contribution in [0.3, 0.4) is 0 Å². The number of anilines is 2. The zero-order chi connectivity index (χ0) is 28.3. The minimum Gasteiger partial charge on any atom is -0.326 e. The molecule has 0 aromatic heterocycles. The molecule has 2 aromatic carbocycles. The van der Waals surface area contributed by atoms with Crippen molar-refractivity contribution in [1.29, 1.82) is 0 Å². The summed E-state index contributed by atoms with van der Waals surface area (Å²) in [6.07, 6.45) is -6.08. The van der Waals surface area contributed by atoms with E-state index in [1.807, 2.05) is 0 Å². The molecule has 2 aromatic rings. The van der Waals surface area contributed by atoms with Crippen molar-refractivity contribution >= 4 is 39.0 Å². The SMILES string of the molecule is CC(=O)Nc1ccc(S(=O)(=O)N[C@@]2(C(F)(F)F)C(=O)N(c3ccc(F)cc3)C3=C2C(=O)CC(C)(C)C3)cc1. The van der Waals surface area contributed by atoms with Crippen LogP contribution in [0, 0.1) is 11.2 Å². The highest BCUT2D eigenvalue weighted by Gasteiger charge is 2.72. The fraction of sp³-hybridized carbons (Fsp3) is 0.320. The first kappa shape index (κ1) is 27.5. The molecule has 0 unspecified atom stereocenters. The molecule has 0 radical (unpaired) electrons. The van der Waals surface area contributed by atoms with E-state index in [2.05, 4.69) is 5.32 Å². The summed E-state index contributed by atoms with van der Waals surface area (Å²) < 4.78 is 86.4. The van der Waals surface area contributed by atoms with Crippen LogP contribution in [-0.4, -0.2) is 37.7 Å². The molecule has 0 bridgehead atoms. The van der Waals surface area contributed by atoms with E-state index in [0.29, 0.717) is 4.90 Å². The summed E-state index contributed by atoms with van der Waals surface area (Å²) >= 11 is 0. The third-order valence-electron chi connectivity index (χ3n) is 6.30. The maximum atomic E-state index is 14.9. The third kappa shape index (κ3) is 4.60. The molecule has 38 heavy (non-hydrogen) atoms. The van der Waals surface area contributed by atoms with Gasteiger partial charge in [-0.1, -0.05) is 13.8 Å². The van der Waals surface area contributed by atoms with E-state index < -0.39 is 61.0 Å². The van der Waals surface area contributed by atoms with Crippen molar-refractivity contribution in [3.63, 3.8) is 0 Å². The van der Waals surface area contributed by atoms with Crippen LogP contribution in [0.4, 0.5) is 28.9 Å². The number of benzene rings is 2. The number of sulfonamides is 1. The van der Waals surface area contributed by atoms with Gasteiger partial charge < -0.3 is 5.32 Å². The first-order chi connectivity index (χ1) is 17.5. The number of carbonyl (C=O) groups is 3. The lowest BCUT2D eigenvalue weighted by atomic mass is 9.72. The van der Waals surface area contributed by atoms with Crippen molar-refractivity contribution in [2.75, 3.05) is 10.2 Å². The Bertz CT molecular complexity index is 1470.